The van der Waals surface area contributed by atoms with Crippen LogP contribution in [0.1, 0.15) is 12.2 Å². The number of amides is 1. The molecule has 0 radical (unpaired) electrons. The Hall–Kier alpha value is -1.96. The van der Waals surface area contributed by atoms with E-state index in [-0.39, 0.29) is 12.3 Å². The van der Waals surface area contributed by atoms with Gasteiger partial charge in [0.25, 0.3) is 5.88 Å². The maximum Gasteiger partial charge on any atom is 0.254 e. The van der Waals surface area contributed by atoms with E-state index in [4.69, 9.17) is 9.26 Å². The molecule has 2 rings (SSSR count). The van der Waals surface area contributed by atoms with E-state index >= 15 is 0 Å². The molecular weight excluding hydrogens is 244 g/mol. The summed E-state index contributed by atoms with van der Waals surface area (Å²) >= 11 is 1.27. The van der Waals surface area contributed by atoms with Crippen molar-refractivity contribution >= 4 is 22.4 Å². The Bertz CT molecular complexity index is 482. The number of hydrogen-bond acceptors (Lipinski definition) is 7. The molecule has 0 fully saturated rings. The normalized spacial score (nSPS) is 10.2. The first-order valence-electron chi connectivity index (χ1n) is 4.83. The minimum absolute atomic E-state index is 0.142. The summed E-state index contributed by atoms with van der Waals surface area (Å²) in [5, 5.41) is 14.1. The fourth-order valence-electron chi connectivity index (χ4n) is 1.15. The van der Waals surface area contributed by atoms with Crippen LogP contribution in [0.2, 0.25) is 0 Å². The molecule has 2 heterocycles. The number of ether oxygens (including phenoxy) is 1. The molecule has 0 aromatic carbocycles. The number of aryl methyl sites for hydroxylation is 1. The highest BCUT2D eigenvalue weighted by molar-refractivity contribution is 7.13. The lowest BCUT2D eigenvalue weighted by atomic mass is 10.2. The van der Waals surface area contributed by atoms with Crippen LogP contribution in [0.4, 0.5) is 5.13 Å². The zero-order valence-corrected chi connectivity index (χ0v) is 9.86. The van der Waals surface area contributed by atoms with Crippen LogP contribution < -0.4 is 10.1 Å². The van der Waals surface area contributed by atoms with E-state index in [0.717, 1.165) is 0 Å². The van der Waals surface area contributed by atoms with Gasteiger partial charge in [0, 0.05) is 18.9 Å². The number of carbonyl (C=O) groups excluding carboxylic acids is 1. The van der Waals surface area contributed by atoms with Gasteiger partial charge in [-0.2, -0.15) is 0 Å². The Morgan fingerprint density at radius 1 is 1.65 bits per heavy atom. The van der Waals surface area contributed by atoms with Crippen molar-refractivity contribution in [3.63, 3.8) is 0 Å². The number of aromatic nitrogens is 3. The standard InChI is InChI=1S/C9H10N4O3S/c1-15-8-4-6(16-13-8)2-3-7(14)11-9-12-10-5-17-9/h4-5H,2-3H2,1H3,(H,11,12,14). The van der Waals surface area contributed by atoms with Gasteiger partial charge in [0.15, 0.2) is 0 Å². The third-order valence-corrected chi connectivity index (χ3v) is 2.56. The van der Waals surface area contributed by atoms with Gasteiger partial charge in [-0.25, -0.2) is 0 Å². The number of methoxy groups -OCH3 is 1. The van der Waals surface area contributed by atoms with Gasteiger partial charge >= 0.3 is 0 Å². The first-order chi connectivity index (χ1) is 8.28. The quantitative estimate of drug-likeness (QED) is 0.859. The molecule has 0 saturated carbocycles. The zero-order chi connectivity index (χ0) is 12.1. The zero-order valence-electron chi connectivity index (χ0n) is 9.04. The highest BCUT2D eigenvalue weighted by Gasteiger charge is 2.08. The van der Waals surface area contributed by atoms with Crippen molar-refractivity contribution < 1.29 is 14.1 Å². The van der Waals surface area contributed by atoms with Crippen LogP contribution in [-0.4, -0.2) is 28.4 Å². The van der Waals surface area contributed by atoms with Gasteiger partial charge in [0.05, 0.1) is 7.11 Å². The number of anilines is 1. The maximum atomic E-state index is 11.5. The highest BCUT2D eigenvalue weighted by Crippen LogP contribution is 2.13. The van der Waals surface area contributed by atoms with Crippen LogP contribution in [0.15, 0.2) is 16.1 Å². The van der Waals surface area contributed by atoms with E-state index in [1.54, 1.807) is 11.6 Å². The van der Waals surface area contributed by atoms with Crippen LogP contribution in [0.3, 0.4) is 0 Å². The molecule has 17 heavy (non-hydrogen) atoms. The van der Waals surface area contributed by atoms with Crippen LogP contribution >= 0.6 is 11.3 Å². The molecule has 0 unspecified atom stereocenters. The lowest BCUT2D eigenvalue weighted by molar-refractivity contribution is -0.116. The molecule has 2 aromatic heterocycles. The second-order valence-corrected chi connectivity index (χ2v) is 3.96. The van der Waals surface area contributed by atoms with Crippen molar-refractivity contribution in [3.8, 4) is 5.88 Å². The van der Waals surface area contributed by atoms with E-state index in [0.29, 0.717) is 23.2 Å². The molecule has 7 nitrogen and oxygen atoms in total. The van der Waals surface area contributed by atoms with Crippen molar-refractivity contribution in [2.24, 2.45) is 0 Å². The summed E-state index contributed by atoms with van der Waals surface area (Å²) in [6.07, 6.45) is 0.749. The fraction of sp³-hybridized carbons (Fsp3) is 0.333. The third kappa shape index (κ3) is 3.25. The molecule has 0 aliphatic heterocycles. The number of hydrogen-bond donors (Lipinski definition) is 1. The predicted molar refractivity (Wildman–Crippen MR) is 59.9 cm³/mol. The molecule has 0 aliphatic rings. The molecular formula is C9H10N4O3S. The van der Waals surface area contributed by atoms with Gasteiger partial charge in [0.2, 0.25) is 11.0 Å². The number of nitrogens with one attached hydrogen (secondary N) is 1. The van der Waals surface area contributed by atoms with Gasteiger partial charge in [-0.15, -0.1) is 10.2 Å². The summed E-state index contributed by atoms with van der Waals surface area (Å²) in [5.74, 6) is 0.871. The number of nitrogens with zero attached hydrogens (tertiary/aromatic N) is 3. The maximum absolute atomic E-state index is 11.5. The SMILES string of the molecule is COc1cc(CCC(=O)Nc2nncs2)on1. The molecule has 0 spiro atoms. The largest absolute Gasteiger partial charge is 0.479 e. The molecule has 90 valence electrons. The summed E-state index contributed by atoms with van der Waals surface area (Å²) < 4.78 is 9.83. The predicted octanol–water partition coefficient (Wildman–Crippen LogP) is 1.11. The van der Waals surface area contributed by atoms with E-state index in [1.165, 1.54) is 18.4 Å². The third-order valence-electron chi connectivity index (χ3n) is 1.95. The lowest BCUT2D eigenvalue weighted by Gasteiger charge is -1.98. The Morgan fingerprint density at radius 2 is 2.53 bits per heavy atom. The van der Waals surface area contributed by atoms with Gasteiger partial charge < -0.3 is 14.6 Å². The lowest BCUT2D eigenvalue weighted by Crippen LogP contribution is -2.11. The molecule has 0 aliphatic carbocycles. The van der Waals surface area contributed by atoms with Crippen molar-refractivity contribution in [2.75, 3.05) is 12.4 Å². The first kappa shape index (κ1) is 11.5. The van der Waals surface area contributed by atoms with Crippen molar-refractivity contribution in [1.82, 2.24) is 15.4 Å². The summed E-state index contributed by atoms with van der Waals surface area (Å²) in [4.78, 5) is 11.5. The smallest absolute Gasteiger partial charge is 0.254 e. The summed E-state index contributed by atoms with van der Waals surface area (Å²) in [7, 11) is 1.50. The van der Waals surface area contributed by atoms with Gasteiger partial charge in [0.1, 0.15) is 11.3 Å². The summed E-state index contributed by atoms with van der Waals surface area (Å²) in [6.45, 7) is 0. The molecule has 1 N–H and O–H groups in total. The highest BCUT2D eigenvalue weighted by atomic mass is 32.1. The van der Waals surface area contributed by atoms with E-state index < -0.39 is 0 Å². The van der Waals surface area contributed by atoms with Gasteiger partial charge in [-0.1, -0.05) is 11.3 Å². The monoisotopic (exact) mass is 254 g/mol. The average molecular weight is 254 g/mol. The number of rotatable bonds is 5. The fourth-order valence-corrected chi connectivity index (χ4v) is 1.62. The second kappa shape index (κ2) is 5.39. The van der Waals surface area contributed by atoms with Crippen molar-refractivity contribution in [1.29, 1.82) is 0 Å². The second-order valence-electron chi connectivity index (χ2n) is 3.13. The van der Waals surface area contributed by atoms with E-state index in [1.807, 2.05) is 0 Å². The minimum Gasteiger partial charge on any atom is -0.479 e. The first-order valence-corrected chi connectivity index (χ1v) is 5.71. The van der Waals surface area contributed by atoms with Crippen LogP contribution in [-0.2, 0) is 11.2 Å². The van der Waals surface area contributed by atoms with Crippen LogP contribution in [0.5, 0.6) is 5.88 Å². The summed E-state index contributed by atoms with van der Waals surface area (Å²) in [5.41, 5.74) is 1.55. The average Bonchev–Trinajstić information content (AvgIpc) is 2.96. The van der Waals surface area contributed by atoms with E-state index in [2.05, 4.69) is 20.7 Å². The Balaban J connectivity index is 1.79. The van der Waals surface area contributed by atoms with Crippen LogP contribution in [0, 0.1) is 0 Å². The Labute approximate surface area is 101 Å². The number of carbonyl (C=O) groups is 1. The van der Waals surface area contributed by atoms with Crippen molar-refractivity contribution in [2.45, 2.75) is 12.8 Å². The van der Waals surface area contributed by atoms with Gasteiger partial charge in [-0.3, -0.25) is 4.79 Å². The van der Waals surface area contributed by atoms with E-state index in [9.17, 15) is 4.79 Å². The van der Waals surface area contributed by atoms with Gasteiger partial charge in [-0.05, 0) is 5.16 Å². The Morgan fingerprint density at radius 3 is 3.18 bits per heavy atom. The Kier molecular flexibility index (Phi) is 3.66. The molecule has 2 aromatic rings. The molecule has 8 heteroatoms. The molecule has 0 saturated heterocycles. The molecule has 1 amide bonds. The summed E-state index contributed by atoms with van der Waals surface area (Å²) in [6, 6.07) is 1.65. The molecule has 0 bridgehead atoms. The van der Waals surface area contributed by atoms with Crippen LogP contribution in [0.25, 0.3) is 0 Å². The molecule has 0 atom stereocenters. The minimum atomic E-state index is -0.142. The topological polar surface area (TPSA) is 90.1 Å². The van der Waals surface area contributed by atoms with Crippen molar-refractivity contribution in [3.05, 3.63) is 17.3 Å².